The first kappa shape index (κ1) is 10.6. The molecule has 2 heteroatoms. The lowest BCUT2D eigenvalue weighted by molar-refractivity contribution is -0.111. The van der Waals surface area contributed by atoms with E-state index in [1.807, 2.05) is 0 Å². The second-order valence-corrected chi connectivity index (χ2v) is 4.72. The summed E-state index contributed by atoms with van der Waals surface area (Å²) >= 11 is 0. The Kier molecular flexibility index (Phi) is 3.76. The maximum Gasteiger partial charge on any atom is 0.207 e. The van der Waals surface area contributed by atoms with Crippen LogP contribution in [0.15, 0.2) is 0 Å². The van der Waals surface area contributed by atoms with Crippen molar-refractivity contribution in [2.24, 2.45) is 17.8 Å². The molecule has 1 aliphatic rings. The van der Waals surface area contributed by atoms with Crippen LogP contribution in [0, 0.1) is 17.8 Å². The second kappa shape index (κ2) is 4.64. The first-order chi connectivity index (χ1) is 6.15. The Hall–Kier alpha value is -0.530. The van der Waals surface area contributed by atoms with Gasteiger partial charge >= 0.3 is 0 Å². The summed E-state index contributed by atoms with van der Waals surface area (Å²) in [4.78, 5) is 10.4. The van der Waals surface area contributed by atoms with Gasteiger partial charge in [0.1, 0.15) is 0 Å². The summed E-state index contributed by atoms with van der Waals surface area (Å²) < 4.78 is 0. The van der Waals surface area contributed by atoms with E-state index in [9.17, 15) is 4.79 Å². The van der Waals surface area contributed by atoms with Crippen molar-refractivity contribution in [2.75, 3.05) is 0 Å². The molecule has 0 unspecified atom stereocenters. The van der Waals surface area contributed by atoms with Gasteiger partial charge in [0.05, 0.1) is 0 Å². The Morgan fingerprint density at radius 2 is 2.08 bits per heavy atom. The maximum atomic E-state index is 10.4. The first-order valence-electron chi connectivity index (χ1n) is 5.34. The van der Waals surface area contributed by atoms with E-state index in [4.69, 9.17) is 0 Å². The molecule has 0 aromatic heterocycles. The van der Waals surface area contributed by atoms with Gasteiger partial charge in [-0.3, -0.25) is 4.79 Å². The van der Waals surface area contributed by atoms with Gasteiger partial charge in [0, 0.05) is 6.04 Å². The van der Waals surface area contributed by atoms with Crippen LogP contribution in [0.4, 0.5) is 0 Å². The fourth-order valence-corrected chi connectivity index (χ4v) is 2.48. The summed E-state index contributed by atoms with van der Waals surface area (Å²) in [6, 6.07) is 0.418. The van der Waals surface area contributed by atoms with Gasteiger partial charge in [-0.1, -0.05) is 27.2 Å². The van der Waals surface area contributed by atoms with Crippen LogP contribution in [-0.4, -0.2) is 12.5 Å². The lowest BCUT2D eigenvalue weighted by Gasteiger charge is -2.36. The van der Waals surface area contributed by atoms with Crippen LogP contribution < -0.4 is 5.32 Å². The minimum absolute atomic E-state index is 0.418. The van der Waals surface area contributed by atoms with Crippen molar-refractivity contribution < 1.29 is 4.79 Å². The fraction of sp³-hybridized carbons (Fsp3) is 0.909. The third-order valence-corrected chi connectivity index (χ3v) is 3.30. The number of hydrogen-bond donors (Lipinski definition) is 1. The highest BCUT2D eigenvalue weighted by Crippen LogP contribution is 2.33. The number of amides is 1. The molecule has 13 heavy (non-hydrogen) atoms. The molecule has 0 heterocycles. The van der Waals surface area contributed by atoms with E-state index in [1.54, 1.807) is 0 Å². The fourth-order valence-electron chi connectivity index (χ4n) is 2.48. The van der Waals surface area contributed by atoms with Crippen LogP contribution in [0.25, 0.3) is 0 Å². The summed E-state index contributed by atoms with van der Waals surface area (Å²) in [6.45, 7) is 6.77. The molecule has 0 aliphatic heterocycles. The molecule has 1 rings (SSSR count). The van der Waals surface area contributed by atoms with Crippen molar-refractivity contribution in [2.45, 2.75) is 46.1 Å². The van der Waals surface area contributed by atoms with E-state index in [-0.39, 0.29) is 0 Å². The number of hydrogen-bond acceptors (Lipinski definition) is 1. The molecule has 3 atom stereocenters. The van der Waals surface area contributed by atoms with Gasteiger partial charge in [0.2, 0.25) is 6.41 Å². The van der Waals surface area contributed by atoms with Gasteiger partial charge < -0.3 is 5.32 Å². The Morgan fingerprint density at radius 1 is 1.38 bits per heavy atom. The van der Waals surface area contributed by atoms with E-state index in [0.29, 0.717) is 17.9 Å². The Morgan fingerprint density at radius 3 is 2.62 bits per heavy atom. The normalized spacial score (nSPS) is 34.6. The van der Waals surface area contributed by atoms with Crippen LogP contribution in [0.5, 0.6) is 0 Å². The molecule has 1 fully saturated rings. The molecule has 0 bridgehead atoms. The SMILES string of the molecule is CC(C)[C@@H]1CC[C@H](C)C[C@H]1NC=O. The molecule has 0 saturated heterocycles. The van der Waals surface area contributed by atoms with Gasteiger partial charge in [-0.05, 0) is 30.6 Å². The number of rotatable bonds is 3. The average molecular weight is 183 g/mol. The molecule has 1 aliphatic carbocycles. The molecule has 2 nitrogen and oxygen atoms in total. The smallest absolute Gasteiger partial charge is 0.207 e. The maximum absolute atomic E-state index is 10.4. The monoisotopic (exact) mass is 183 g/mol. The minimum atomic E-state index is 0.418. The average Bonchev–Trinajstić information content (AvgIpc) is 2.04. The zero-order valence-electron chi connectivity index (χ0n) is 8.92. The third-order valence-electron chi connectivity index (χ3n) is 3.30. The van der Waals surface area contributed by atoms with Crippen molar-refractivity contribution in [3.05, 3.63) is 0 Å². The summed E-state index contributed by atoms with van der Waals surface area (Å²) in [5.74, 6) is 2.14. The van der Waals surface area contributed by atoms with E-state index >= 15 is 0 Å². The van der Waals surface area contributed by atoms with Crippen LogP contribution in [-0.2, 0) is 4.79 Å². The third kappa shape index (κ3) is 2.71. The first-order valence-corrected chi connectivity index (χ1v) is 5.34. The van der Waals surface area contributed by atoms with Gasteiger partial charge in [0.15, 0.2) is 0 Å². The predicted molar refractivity (Wildman–Crippen MR) is 54.3 cm³/mol. The van der Waals surface area contributed by atoms with E-state index in [2.05, 4.69) is 26.1 Å². The minimum Gasteiger partial charge on any atom is -0.356 e. The topological polar surface area (TPSA) is 29.1 Å². The molecular weight excluding hydrogens is 162 g/mol. The molecule has 0 radical (unpaired) electrons. The van der Waals surface area contributed by atoms with Gasteiger partial charge in [0.25, 0.3) is 0 Å². The van der Waals surface area contributed by atoms with Crippen LogP contribution in [0.2, 0.25) is 0 Å². The lowest BCUT2D eigenvalue weighted by atomic mass is 9.74. The van der Waals surface area contributed by atoms with Crippen molar-refractivity contribution in [1.29, 1.82) is 0 Å². The van der Waals surface area contributed by atoms with Crippen LogP contribution in [0.1, 0.15) is 40.0 Å². The van der Waals surface area contributed by atoms with Gasteiger partial charge in [-0.2, -0.15) is 0 Å². The summed E-state index contributed by atoms with van der Waals surface area (Å²) in [5, 5.41) is 2.97. The summed E-state index contributed by atoms with van der Waals surface area (Å²) in [5.41, 5.74) is 0. The molecule has 76 valence electrons. The molecule has 1 saturated carbocycles. The number of nitrogens with one attached hydrogen (secondary N) is 1. The quantitative estimate of drug-likeness (QED) is 0.668. The lowest BCUT2D eigenvalue weighted by Crippen LogP contribution is -2.42. The highest BCUT2D eigenvalue weighted by Gasteiger charge is 2.29. The van der Waals surface area contributed by atoms with Crippen molar-refractivity contribution >= 4 is 6.41 Å². The van der Waals surface area contributed by atoms with E-state index in [0.717, 1.165) is 18.7 Å². The molecule has 1 N–H and O–H groups in total. The summed E-state index contributed by atoms with van der Waals surface area (Å²) in [7, 11) is 0. The van der Waals surface area contributed by atoms with Gasteiger partial charge in [-0.25, -0.2) is 0 Å². The highest BCUT2D eigenvalue weighted by molar-refractivity contribution is 5.46. The number of carbonyl (C=O) groups excluding carboxylic acids is 1. The molecule has 0 aromatic carbocycles. The van der Waals surface area contributed by atoms with Crippen LogP contribution >= 0.6 is 0 Å². The van der Waals surface area contributed by atoms with Crippen LogP contribution in [0.3, 0.4) is 0 Å². The largest absolute Gasteiger partial charge is 0.356 e. The zero-order chi connectivity index (χ0) is 9.84. The molecular formula is C11H21NO. The van der Waals surface area contributed by atoms with E-state index < -0.39 is 0 Å². The second-order valence-electron chi connectivity index (χ2n) is 4.72. The highest BCUT2D eigenvalue weighted by atomic mass is 16.1. The Labute approximate surface area is 81.1 Å². The molecule has 0 spiro atoms. The molecule has 1 amide bonds. The zero-order valence-corrected chi connectivity index (χ0v) is 8.92. The van der Waals surface area contributed by atoms with Gasteiger partial charge in [-0.15, -0.1) is 0 Å². The molecule has 0 aromatic rings. The number of carbonyl (C=O) groups is 1. The van der Waals surface area contributed by atoms with Crippen molar-refractivity contribution in [1.82, 2.24) is 5.32 Å². The van der Waals surface area contributed by atoms with E-state index in [1.165, 1.54) is 12.8 Å². The van der Waals surface area contributed by atoms with Crippen molar-refractivity contribution in [3.8, 4) is 0 Å². The Bertz CT molecular complexity index is 167. The summed E-state index contributed by atoms with van der Waals surface area (Å²) in [6.07, 6.45) is 4.60. The Balaban J connectivity index is 2.54. The predicted octanol–water partition coefficient (Wildman–Crippen LogP) is 2.19. The van der Waals surface area contributed by atoms with Crippen molar-refractivity contribution in [3.63, 3.8) is 0 Å². The standard InChI is InChI=1S/C11H21NO/c1-8(2)10-5-4-9(3)6-11(10)12-7-13/h7-11H,4-6H2,1-3H3,(H,12,13)/t9-,10-,11+/m0/s1.